The van der Waals surface area contributed by atoms with Gasteiger partial charge < -0.3 is 16.0 Å². The Morgan fingerprint density at radius 3 is 2.20 bits per heavy atom. The first-order valence-electron chi connectivity index (χ1n) is 8.03. The molecular weight excluding hydrogens is 312 g/mol. The molecule has 0 bridgehead atoms. The number of nitrogens with two attached hydrogens (primary N) is 1. The molecule has 4 rings (SSSR count). The molecule has 0 unspecified atom stereocenters. The lowest BCUT2D eigenvalue weighted by Crippen LogP contribution is -2.03. The number of fused-ring (bicyclic) bond motifs is 1. The molecule has 0 spiro atoms. The Labute approximate surface area is 146 Å². The third-order valence-corrected chi connectivity index (χ3v) is 3.55. The summed E-state index contributed by atoms with van der Waals surface area (Å²) in [6.07, 6.45) is 3.34. The molecule has 126 valence electrons. The SMILES string of the molecule is NCc1ccccc1.c1ccc(CNc2ncc3[nH]cnc3n2)cc1. The number of anilines is 1. The monoisotopic (exact) mass is 332 g/mol. The zero-order valence-electron chi connectivity index (χ0n) is 13.8. The fourth-order valence-corrected chi connectivity index (χ4v) is 2.21. The van der Waals surface area contributed by atoms with Gasteiger partial charge in [0.1, 0.15) is 5.52 Å². The summed E-state index contributed by atoms with van der Waals surface area (Å²) in [4.78, 5) is 15.5. The van der Waals surface area contributed by atoms with Gasteiger partial charge in [-0.3, -0.25) is 0 Å². The van der Waals surface area contributed by atoms with Crippen molar-refractivity contribution < 1.29 is 0 Å². The molecular formula is C19H20N6. The zero-order chi connectivity index (χ0) is 17.3. The van der Waals surface area contributed by atoms with Crippen LogP contribution in [0.25, 0.3) is 11.2 Å². The summed E-state index contributed by atoms with van der Waals surface area (Å²) in [5.74, 6) is 0.591. The van der Waals surface area contributed by atoms with Crippen LogP contribution in [-0.2, 0) is 13.1 Å². The summed E-state index contributed by atoms with van der Waals surface area (Å²) in [6.45, 7) is 1.34. The van der Waals surface area contributed by atoms with Gasteiger partial charge in [-0.1, -0.05) is 60.7 Å². The molecule has 25 heavy (non-hydrogen) atoms. The second kappa shape index (κ2) is 8.56. The number of nitrogens with one attached hydrogen (secondary N) is 2. The Balaban J connectivity index is 0.000000192. The van der Waals surface area contributed by atoms with Crippen LogP contribution in [0.4, 0.5) is 5.95 Å². The van der Waals surface area contributed by atoms with E-state index < -0.39 is 0 Å². The first kappa shape index (κ1) is 16.6. The van der Waals surface area contributed by atoms with Crippen molar-refractivity contribution in [2.75, 3.05) is 5.32 Å². The van der Waals surface area contributed by atoms with E-state index in [-0.39, 0.29) is 0 Å². The van der Waals surface area contributed by atoms with Gasteiger partial charge in [-0.15, -0.1) is 0 Å². The summed E-state index contributed by atoms with van der Waals surface area (Å²) in [5, 5.41) is 3.17. The van der Waals surface area contributed by atoms with Crippen LogP contribution in [0.1, 0.15) is 11.1 Å². The maximum Gasteiger partial charge on any atom is 0.225 e. The molecule has 6 nitrogen and oxygen atoms in total. The minimum Gasteiger partial charge on any atom is -0.350 e. The lowest BCUT2D eigenvalue weighted by Gasteiger charge is -2.03. The Morgan fingerprint density at radius 2 is 1.56 bits per heavy atom. The topological polar surface area (TPSA) is 92.5 Å². The van der Waals surface area contributed by atoms with E-state index in [0.29, 0.717) is 24.7 Å². The molecule has 0 saturated carbocycles. The molecule has 4 aromatic rings. The highest BCUT2D eigenvalue weighted by Crippen LogP contribution is 2.08. The van der Waals surface area contributed by atoms with E-state index in [0.717, 1.165) is 5.52 Å². The van der Waals surface area contributed by atoms with Gasteiger partial charge in [0.25, 0.3) is 0 Å². The Bertz CT molecular complexity index is 889. The first-order chi connectivity index (χ1) is 12.3. The van der Waals surface area contributed by atoms with Crippen molar-refractivity contribution in [2.24, 2.45) is 5.73 Å². The zero-order valence-corrected chi connectivity index (χ0v) is 13.8. The van der Waals surface area contributed by atoms with Crippen molar-refractivity contribution in [2.45, 2.75) is 13.1 Å². The summed E-state index contributed by atoms with van der Waals surface area (Å²) in [7, 11) is 0. The van der Waals surface area contributed by atoms with Crippen molar-refractivity contribution in [1.29, 1.82) is 0 Å². The van der Waals surface area contributed by atoms with Crippen LogP contribution in [0.3, 0.4) is 0 Å². The lowest BCUT2D eigenvalue weighted by molar-refractivity contribution is 1.07. The molecule has 2 aromatic heterocycles. The molecule has 0 saturated heterocycles. The molecule has 4 N–H and O–H groups in total. The van der Waals surface area contributed by atoms with E-state index in [4.69, 9.17) is 5.73 Å². The van der Waals surface area contributed by atoms with Gasteiger partial charge in [0.05, 0.1) is 12.5 Å². The molecule has 2 aromatic carbocycles. The number of aromatic nitrogens is 4. The van der Waals surface area contributed by atoms with Gasteiger partial charge in [0, 0.05) is 13.1 Å². The smallest absolute Gasteiger partial charge is 0.225 e. The van der Waals surface area contributed by atoms with E-state index >= 15 is 0 Å². The average molecular weight is 332 g/mol. The van der Waals surface area contributed by atoms with Crippen LogP contribution in [0.5, 0.6) is 0 Å². The van der Waals surface area contributed by atoms with Crippen molar-refractivity contribution in [3.05, 3.63) is 84.3 Å². The fourth-order valence-electron chi connectivity index (χ4n) is 2.21. The number of nitrogens with zero attached hydrogens (tertiary/aromatic N) is 3. The van der Waals surface area contributed by atoms with Crippen LogP contribution >= 0.6 is 0 Å². The van der Waals surface area contributed by atoms with Crippen molar-refractivity contribution in [3.8, 4) is 0 Å². The molecule has 0 atom stereocenters. The second-order valence-electron chi connectivity index (χ2n) is 5.36. The number of imidazole rings is 1. The fraction of sp³-hybridized carbons (Fsp3) is 0.105. The van der Waals surface area contributed by atoms with E-state index in [2.05, 4.69) is 37.4 Å². The standard InChI is InChI=1S/C12H11N5.C7H9N/c1-2-4-9(5-3-1)6-13-12-14-7-10-11(17-12)16-8-15-10;8-6-7-4-2-1-3-5-7/h1-5,7-8H,6H2,(H2,13,14,15,16,17);1-5H,6,8H2. The normalized spacial score (nSPS) is 10.1. The highest BCUT2D eigenvalue weighted by molar-refractivity contribution is 5.69. The first-order valence-corrected chi connectivity index (χ1v) is 8.03. The Hall–Kier alpha value is -3.25. The number of hydrogen-bond donors (Lipinski definition) is 3. The van der Waals surface area contributed by atoms with Crippen molar-refractivity contribution in [1.82, 2.24) is 19.9 Å². The summed E-state index contributed by atoms with van der Waals surface area (Å²) < 4.78 is 0. The van der Waals surface area contributed by atoms with Crippen molar-refractivity contribution in [3.63, 3.8) is 0 Å². The average Bonchev–Trinajstić information content (AvgIpc) is 3.16. The molecule has 0 aliphatic carbocycles. The van der Waals surface area contributed by atoms with Crippen LogP contribution in [-0.4, -0.2) is 19.9 Å². The van der Waals surface area contributed by atoms with Gasteiger partial charge in [-0.25, -0.2) is 9.97 Å². The highest BCUT2D eigenvalue weighted by Gasteiger charge is 2.01. The van der Waals surface area contributed by atoms with Crippen LogP contribution < -0.4 is 11.1 Å². The van der Waals surface area contributed by atoms with Gasteiger partial charge in [0.2, 0.25) is 5.95 Å². The molecule has 0 amide bonds. The summed E-state index contributed by atoms with van der Waals surface area (Å²) >= 11 is 0. The third kappa shape index (κ3) is 4.86. The predicted octanol–water partition coefficient (Wildman–Crippen LogP) is 3.11. The number of benzene rings is 2. The van der Waals surface area contributed by atoms with Gasteiger partial charge in [0.15, 0.2) is 5.65 Å². The van der Waals surface area contributed by atoms with E-state index in [1.165, 1.54) is 11.1 Å². The molecule has 0 aliphatic rings. The van der Waals surface area contributed by atoms with E-state index in [1.807, 2.05) is 48.5 Å². The van der Waals surface area contributed by atoms with Crippen LogP contribution in [0.2, 0.25) is 0 Å². The third-order valence-electron chi connectivity index (χ3n) is 3.55. The second-order valence-corrected chi connectivity index (χ2v) is 5.36. The Morgan fingerprint density at radius 1 is 0.880 bits per heavy atom. The number of H-pyrrole nitrogens is 1. The minimum absolute atomic E-state index is 0.591. The number of rotatable bonds is 4. The number of aromatic amines is 1. The molecule has 6 heteroatoms. The molecule has 0 aliphatic heterocycles. The molecule has 0 radical (unpaired) electrons. The van der Waals surface area contributed by atoms with E-state index in [1.54, 1.807) is 12.5 Å². The highest BCUT2D eigenvalue weighted by atomic mass is 15.1. The Kier molecular flexibility index (Phi) is 5.68. The maximum absolute atomic E-state index is 5.35. The summed E-state index contributed by atoms with van der Waals surface area (Å²) in [6, 6.07) is 20.1. The maximum atomic E-state index is 5.35. The quantitative estimate of drug-likeness (QED) is 0.534. The van der Waals surface area contributed by atoms with Gasteiger partial charge in [-0.05, 0) is 11.1 Å². The van der Waals surface area contributed by atoms with E-state index in [9.17, 15) is 0 Å². The van der Waals surface area contributed by atoms with Crippen LogP contribution in [0.15, 0.2) is 73.2 Å². The number of hydrogen-bond acceptors (Lipinski definition) is 5. The molecule has 2 heterocycles. The summed E-state index contributed by atoms with van der Waals surface area (Å²) in [5.41, 5.74) is 9.25. The largest absolute Gasteiger partial charge is 0.350 e. The molecule has 0 fully saturated rings. The minimum atomic E-state index is 0.591. The lowest BCUT2D eigenvalue weighted by atomic mass is 10.2. The predicted molar refractivity (Wildman–Crippen MR) is 99.8 cm³/mol. The van der Waals surface area contributed by atoms with Gasteiger partial charge >= 0.3 is 0 Å². The van der Waals surface area contributed by atoms with Crippen LogP contribution in [0, 0.1) is 0 Å². The van der Waals surface area contributed by atoms with Gasteiger partial charge in [-0.2, -0.15) is 4.98 Å². The van der Waals surface area contributed by atoms with Crippen molar-refractivity contribution >= 4 is 17.1 Å².